The smallest absolute Gasteiger partial charge is 0.129 e. The number of carbonyl (C=O) groups is 1. The molecule has 0 aromatic heterocycles. The summed E-state index contributed by atoms with van der Waals surface area (Å²) in [4.78, 5) is 15.7. The molecule has 0 amide bonds. The van der Waals surface area contributed by atoms with Crippen LogP contribution in [0.4, 0.5) is 5.69 Å². The van der Waals surface area contributed by atoms with E-state index in [1.165, 1.54) is 5.56 Å². The number of aryl methyl sites for hydroxylation is 1. The summed E-state index contributed by atoms with van der Waals surface area (Å²) in [5.74, 6) is 0.803. The second kappa shape index (κ2) is 6.32. The Hall–Kier alpha value is -1.90. The Bertz CT molecular complexity index is 500. The van der Waals surface area contributed by atoms with E-state index in [4.69, 9.17) is 4.74 Å². The van der Waals surface area contributed by atoms with Gasteiger partial charge in [-0.05, 0) is 38.5 Å². The number of rotatable bonds is 4. The first kappa shape index (κ1) is 13.5. The molecule has 1 aliphatic rings. The molecule has 0 N–H and O–H groups in total. The van der Waals surface area contributed by atoms with Crippen molar-refractivity contribution >= 4 is 17.7 Å². The first-order valence-corrected chi connectivity index (χ1v) is 6.67. The Kier molecular flexibility index (Phi) is 4.50. The number of aldehydes is 1. The largest absolute Gasteiger partial charge is 0.498 e. The molecule has 1 aliphatic carbocycles. The molecular weight excluding hydrogens is 238 g/mol. The highest BCUT2D eigenvalue weighted by Gasteiger charge is 2.20. The highest BCUT2D eigenvalue weighted by atomic mass is 16.5. The van der Waals surface area contributed by atoms with Crippen LogP contribution in [0.15, 0.2) is 41.1 Å². The predicted molar refractivity (Wildman–Crippen MR) is 76.8 cm³/mol. The quantitative estimate of drug-likeness (QED) is 0.773. The normalized spacial score (nSPS) is 21.1. The average molecular weight is 257 g/mol. The summed E-state index contributed by atoms with van der Waals surface area (Å²) in [6.45, 7) is 4.65. The molecule has 0 heterocycles. The van der Waals surface area contributed by atoms with Crippen molar-refractivity contribution < 1.29 is 9.53 Å². The van der Waals surface area contributed by atoms with Crippen LogP contribution < -0.4 is 0 Å². The van der Waals surface area contributed by atoms with Gasteiger partial charge >= 0.3 is 0 Å². The van der Waals surface area contributed by atoms with Gasteiger partial charge < -0.3 is 9.53 Å². The van der Waals surface area contributed by atoms with Crippen LogP contribution in [0, 0.1) is 12.8 Å². The lowest BCUT2D eigenvalue weighted by atomic mass is 9.92. The lowest BCUT2D eigenvalue weighted by molar-refractivity contribution is -0.109. The Balaban J connectivity index is 2.29. The van der Waals surface area contributed by atoms with E-state index in [0.717, 1.165) is 36.3 Å². The van der Waals surface area contributed by atoms with Crippen molar-refractivity contribution in [3.8, 4) is 0 Å². The summed E-state index contributed by atoms with van der Waals surface area (Å²) in [6.07, 6.45) is 4.47. The number of carbonyl (C=O) groups excluding carboxylic acids is 1. The third kappa shape index (κ3) is 3.53. The maximum absolute atomic E-state index is 11.1. The zero-order valence-corrected chi connectivity index (χ0v) is 11.4. The minimum absolute atomic E-state index is 0.120. The molecule has 1 unspecified atom stereocenters. The minimum atomic E-state index is -0.120. The molecule has 3 heteroatoms. The number of benzene rings is 1. The predicted octanol–water partition coefficient (Wildman–Crippen LogP) is 3.60. The van der Waals surface area contributed by atoms with Gasteiger partial charge in [-0.15, -0.1) is 0 Å². The van der Waals surface area contributed by atoms with Gasteiger partial charge in [-0.3, -0.25) is 4.99 Å². The maximum Gasteiger partial charge on any atom is 0.129 e. The number of nitrogens with zero attached hydrogens (tertiary/aromatic N) is 1. The molecule has 0 spiro atoms. The van der Waals surface area contributed by atoms with Crippen molar-refractivity contribution in [3.05, 3.63) is 41.7 Å². The fourth-order valence-corrected chi connectivity index (χ4v) is 2.11. The van der Waals surface area contributed by atoms with Gasteiger partial charge in [0.1, 0.15) is 6.29 Å². The molecule has 0 fully saturated rings. The molecule has 0 bridgehead atoms. The lowest BCUT2D eigenvalue weighted by Crippen LogP contribution is -2.19. The van der Waals surface area contributed by atoms with E-state index < -0.39 is 0 Å². The van der Waals surface area contributed by atoms with Crippen LogP contribution in [0.3, 0.4) is 0 Å². The highest BCUT2D eigenvalue weighted by Crippen LogP contribution is 2.24. The van der Waals surface area contributed by atoms with Crippen LogP contribution in [0.5, 0.6) is 0 Å². The van der Waals surface area contributed by atoms with Crippen molar-refractivity contribution in [3.63, 3.8) is 0 Å². The fourth-order valence-electron chi connectivity index (χ4n) is 2.11. The van der Waals surface area contributed by atoms with Crippen molar-refractivity contribution in [1.29, 1.82) is 0 Å². The molecule has 1 aromatic rings. The Morgan fingerprint density at radius 3 is 2.74 bits per heavy atom. The van der Waals surface area contributed by atoms with Crippen LogP contribution >= 0.6 is 0 Å². The second-order valence-corrected chi connectivity index (χ2v) is 4.70. The van der Waals surface area contributed by atoms with Gasteiger partial charge in [0.2, 0.25) is 0 Å². The van der Waals surface area contributed by atoms with E-state index >= 15 is 0 Å². The fraction of sp³-hybridized carbons (Fsp3) is 0.375. The molecule has 0 saturated carbocycles. The molecule has 2 rings (SSSR count). The monoisotopic (exact) mass is 257 g/mol. The Labute approximate surface area is 114 Å². The molecule has 100 valence electrons. The first-order chi connectivity index (χ1) is 9.22. The van der Waals surface area contributed by atoms with E-state index in [1.54, 1.807) is 0 Å². The van der Waals surface area contributed by atoms with Crippen LogP contribution in [-0.2, 0) is 9.53 Å². The molecule has 1 atom stereocenters. The van der Waals surface area contributed by atoms with Crippen molar-refractivity contribution in [2.24, 2.45) is 10.9 Å². The summed E-state index contributed by atoms with van der Waals surface area (Å²) >= 11 is 0. The zero-order chi connectivity index (χ0) is 13.7. The van der Waals surface area contributed by atoms with E-state index in [9.17, 15) is 4.79 Å². The standard InChI is InChI=1S/C16H19NO2/c1-3-19-15-9-6-13(11-18)16(10-15)17-14-7-4-12(2)5-8-14/h4-5,7-8,10-11,13H,3,6,9H2,1-2H3. The zero-order valence-electron chi connectivity index (χ0n) is 11.4. The summed E-state index contributed by atoms with van der Waals surface area (Å²) in [5, 5.41) is 0. The van der Waals surface area contributed by atoms with Crippen LogP contribution in [-0.4, -0.2) is 18.6 Å². The molecule has 0 radical (unpaired) electrons. The molecule has 1 aromatic carbocycles. The highest BCUT2D eigenvalue weighted by molar-refractivity contribution is 6.06. The third-order valence-electron chi connectivity index (χ3n) is 3.18. The van der Waals surface area contributed by atoms with Gasteiger partial charge in [0, 0.05) is 6.42 Å². The maximum atomic E-state index is 11.1. The van der Waals surface area contributed by atoms with Gasteiger partial charge in [-0.2, -0.15) is 0 Å². The average Bonchev–Trinajstić information content (AvgIpc) is 2.42. The molecule has 0 saturated heterocycles. The van der Waals surface area contributed by atoms with Crippen LogP contribution in [0.25, 0.3) is 0 Å². The van der Waals surface area contributed by atoms with Crippen LogP contribution in [0.2, 0.25) is 0 Å². The van der Waals surface area contributed by atoms with Gasteiger partial charge in [-0.25, -0.2) is 0 Å². The van der Waals surface area contributed by atoms with Gasteiger partial charge in [-0.1, -0.05) is 17.7 Å². The molecule has 19 heavy (non-hydrogen) atoms. The summed E-state index contributed by atoms with van der Waals surface area (Å²) in [7, 11) is 0. The first-order valence-electron chi connectivity index (χ1n) is 6.67. The van der Waals surface area contributed by atoms with Crippen molar-refractivity contribution in [2.75, 3.05) is 6.61 Å². The van der Waals surface area contributed by atoms with Gasteiger partial charge in [0.05, 0.1) is 29.7 Å². The lowest BCUT2D eigenvalue weighted by Gasteiger charge is -2.19. The van der Waals surface area contributed by atoms with E-state index in [1.807, 2.05) is 44.2 Å². The summed E-state index contributed by atoms with van der Waals surface area (Å²) in [5.41, 5.74) is 2.88. The van der Waals surface area contributed by atoms with E-state index in [2.05, 4.69) is 4.99 Å². The van der Waals surface area contributed by atoms with E-state index in [0.29, 0.717) is 6.61 Å². The number of aliphatic imine (C=N–C) groups is 1. The topological polar surface area (TPSA) is 38.7 Å². The SMILES string of the molecule is CCOC1=CC(=Nc2ccc(C)cc2)C(C=O)CC1. The van der Waals surface area contributed by atoms with Crippen LogP contribution in [0.1, 0.15) is 25.3 Å². The van der Waals surface area contributed by atoms with Crippen molar-refractivity contribution in [1.82, 2.24) is 0 Å². The van der Waals surface area contributed by atoms with E-state index in [-0.39, 0.29) is 5.92 Å². The number of hydrogen-bond acceptors (Lipinski definition) is 3. The van der Waals surface area contributed by atoms with Gasteiger partial charge in [0.15, 0.2) is 0 Å². The molecular formula is C16H19NO2. The number of allylic oxidation sites excluding steroid dienone is 2. The second-order valence-electron chi connectivity index (χ2n) is 4.70. The Morgan fingerprint density at radius 2 is 2.11 bits per heavy atom. The van der Waals surface area contributed by atoms with Crippen molar-refractivity contribution in [2.45, 2.75) is 26.7 Å². The molecule has 3 nitrogen and oxygen atoms in total. The van der Waals surface area contributed by atoms with Gasteiger partial charge in [0.25, 0.3) is 0 Å². The minimum Gasteiger partial charge on any atom is -0.498 e. The molecule has 0 aliphatic heterocycles. The Morgan fingerprint density at radius 1 is 1.37 bits per heavy atom. The third-order valence-corrected chi connectivity index (χ3v) is 3.18. The number of hydrogen-bond donors (Lipinski definition) is 0. The summed E-state index contributed by atoms with van der Waals surface area (Å²) in [6, 6.07) is 7.97. The summed E-state index contributed by atoms with van der Waals surface area (Å²) < 4.78 is 5.53. The number of ether oxygens (including phenoxy) is 1.